The second-order valence-electron chi connectivity index (χ2n) is 10.7. The quantitative estimate of drug-likeness (QED) is 0.571. The third-order valence-electron chi connectivity index (χ3n) is 8.30. The maximum absolute atomic E-state index is 13.5. The molecule has 3 heterocycles. The summed E-state index contributed by atoms with van der Waals surface area (Å²) in [4.78, 5) is 26.4. The van der Waals surface area contributed by atoms with E-state index in [1.807, 2.05) is 0 Å². The molecular formula is C25H32F3N3O5S. The minimum atomic E-state index is -4.42. The number of rotatable bonds is 7. The minimum absolute atomic E-state index is 0.0607. The van der Waals surface area contributed by atoms with Crippen molar-refractivity contribution < 1.29 is 35.9 Å². The monoisotopic (exact) mass is 543 g/mol. The van der Waals surface area contributed by atoms with E-state index in [2.05, 4.69) is 5.32 Å². The topological polar surface area (TPSA) is 96.0 Å². The highest BCUT2D eigenvalue weighted by molar-refractivity contribution is 7.86. The Kier molecular flexibility index (Phi) is 7.14. The molecule has 1 unspecified atom stereocenters. The lowest BCUT2D eigenvalue weighted by Crippen LogP contribution is -2.71. The maximum Gasteiger partial charge on any atom is 0.416 e. The van der Waals surface area contributed by atoms with Gasteiger partial charge in [-0.1, -0.05) is 18.6 Å². The van der Waals surface area contributed by atoms with E-state index < -0.39 is 39.7 Å². The first-order chi connectivity index (χ1) is 17.5. The van der Waals surface area contributed by atoms with Crippen LogP contribution in [0.25, 0.3) is 0 Å². The molecule has 37 heavy (non-hydrogen) atoms. The zero-order valence-corrected chi connectivity index (χ0v) is 21.3. The van der Waals surface area contributed by atoms with Crippen molar-refractivity contribution in [3.8, 4) is 0 Å². The van der Waals surface area contributed by atoms with Crippen LogP contribution in [0.2, 0.25) is 0 Å². The van der Waals surface area contributed by atoms with E-state index >= 15 is 0 Å². The van der Waals surface area contributed by atoms with Crippen LogP contribution in [0.15, 0.2) is 24.3 Å². The predicted molar refractivity (Wildman–Crippen MR) is 127 cm³/mol. The third kappa shape index (κ3) is 5.30. The first-order valence-electron chi connectivity index (χ1n) is 12.9. The number of nitrogens with zero attached hydrogens (tertiary/aromatic N) is 2. The summed E-state index contributed by atoms with van der Waals surface area (Å²) in [7, 11) is -3.66. The molecule has 0 aromatic heterocycles. The van der Waals surface area contributed by atoms with Gasteiger partial charge in [-0.25, -0.2) is 0 Å². The fourth-order valence-corrected chi connectivity index (χ4v) is 7.85. The number of hydrogen-bond donors (Lipinski definition) is 1. The van der Waals surface area contributed by atoms with E-state index in [1.165, 1.54) is 20.7 Å². The summed E-state index contributed by atoms with van der Waals surface area (Å²) in [6.07, 6.45) is -0.525. The van der Waals surface area contributed by atoms with Crippen LogP contribution < -0.4 is 5.32 Å². The van der Waals surface area contributed by atoms with Gasteiger partial charge in [0, 0.05) is 56.9 Å². The molecule has 1 aromatic carbocycles. The highest BCUT2D eigenvalue weighted by atomic mass is 32.2. The van der Waals surface area contributed by atoms with Crippen molar-refractivity contribution in [2.75, 3.05) is 32.8 Å². The van der Waals surface area contributed by atoms with Crippen molar-refractivity contribution in [2.45, 2.75) is 56.8 Å². The Bertz CT molecular complexity index is 1130. The van der Waals surface area contributed by atoms with Crippen LogP contribution >= 0.6 is 0 Å². The second kappa shape index (κ2) is 9.94. The number of carbonyl (C=O) groups is 2. The zero-order valence-electron chi connectivity index (χ0n) is 20.5. The molecule has 4 aliphatic rings. The number of carbonyl (C=O) groups excluding carboxylic acids is 2. The van der Waals surface area contributed by atoms with Gasteiger partial charge in [-0.05, 0) is 43.4 Å². The van der Waals surface area contributed by atoms with Gasteiger partial charge < -0.3 is 10.1 Å². The average molecular weight is 544 g/mol. The van der Waals surface area contributed by atoms with Crippen molar-refractivity contribution in [1.29, 1.82) is 0 Å². The number of Topliss-reactive ketones (excluding diaryl/α,β-unsaturated/α-hetero) is 1. The Balaban J connectivity index is 1.16. The molecule has 1 spiro atoms. The van der Waals surface area contributed by atoms with E-state index in [0.717, 1.165) is 25.0 Å². The number of piperidine rings is 1. The summed E-state index contributed by atoms with van der Waals surface area (Å²) in [5, 5.41) is 2.77. The van der Waals surface area contributed by atoms with Gasteiger partial charge in [-0.15, -0.1) is 0 Å². The molecular weight excluding hydrogens is 511 g/mol. The lowest BCUT2D eigenvalue weighted by Gasteiger charge is -2.55. The number of benzene rings is 1. The number of hydrogen-bond acceptors (Lipinski definition) is 5. The van der Waals surface area contributed by atoms with Crippen LogP contribution in [0.4, 0.5) is 13.2 Å². The lowest BCUT2D eigenvalue weighted by atomic mass is 9.82. The standard InChI is InChI=1S/C25H32F3N3O5S/c26-25(27,28)19-8-6-17(7-9-19)13-29-23(33)21-5-1-4-20(21)22(32)18-3-2-11-30(14-18)37(34,35)31-15-24(16-31)10-12-36-24/h6-9,18,20-21H,1-5,10-16H2,(H,29,33)/t18-,20?,21-/m0/s1. The molecule has 8 nitrogen and oxygen atoms in total. The largest absolute Gasteiger partial charge is 0.416 e. The van der Waals surface area contributed by atoms with Crippen molar-refractivity contribution in [3.63, 3.8) is 0 Å². The Morgan fingerprint density at radius 2 is 1.70 bits per heavy atom. The number of amides is 1. The van der Waals surface area contributed by atoms with E-state index in [4.69, 9.17) is 4.74 Å². The summed E-state index contributed by atoms with van der Waals surface area (Å²) in [6.45, 7) is 1.95. The fraction of sp³-hybridized carbons (Fsp3) is 0.680. The average Bonchev–Trinajstić information content (AvgIpc) is 3.30. The van der Waals surface area contributed by atoms with E-state index in [9.17, 15) is 31.2 Å². The van der Waals surface area contributed by atoms with Crippen molar-refractivity contribution in [2.24, 2.45) is 17.8 Å². The van der Waals surface area contributed by atoms with Gasteiger partial charge in [0.2, 0.25) is 5.91 Å². The molecule has 3 atom stereocenters. The van der Waals surface area contributed by atoms with Crippen LogP contribution in [-0.4, -0.2) is 67.1 Å². The van der Waals surface area contributed by atoms with Crippen molar-refractivity contribution >= 4 is 21.9 Å². The van der Waals surface area contributed by atoms with Gasteiger partial charge in [0.05, 0.1) is 17.8 Å². The smallest absolute Gasteiger partial charge is 0.372 e. The predicted octanol–water partition coefficient (Wildman–Crippen LogP) is 2.74. The molecule has 4 fully saturated rings. The number of alkyl halides is 3. The molecule has 1 aliphatic carbocycles. The molecule has 0 bridgehead atoms. The van der Waals surface area contributed by atoms with Gasteiger partial charge in [-0.2, -0.15) is 30.2 Å². The lowest BCUT2D eigenvalue weighted by molar-refractivity contribution is -0.201. The number of nitrogens with one attached hydrogen (secondary N) is 1. The molecule has 1 saturated carbocycles. The molecule has 1 aromatic rings. The van der Waals surface area contributed by atoms with E-state index in [1.54, 1.807) is 0 Å². The molecule has 3 aliphatic heterocycles. The molecule has 0 radical (unpaired) electrons. The summed E-state index contributed by atoms with van der Waals surface area (Å²) >= 11 is 0. The minimum Gasteiger partial charge on any atom is -0.372 e. The number of ketones is 1. The van der Waals surface area contributed by atoms with Crippen LogP contribution in [0, 0.1) is 17.8 Å². The highest BCUT2D eigenvalue weighted by Crippen LogP contribution is 2.40. The summed E-state index contributed by atoms with van der Waals surface area (Å²) in [5.41, 5.74) is -0.531. The van der Waals surface area contributed by atoms with Crippen molar-refractivity contribution in [1.82, 2.24) is 13.9 Å². The summed E-state index contributed by atoms with van der Waals surface area (Å²) in [5.74, 6) is -1.79. The molecule has 5 rings (SSSR count). The van der Waals surface area contributed by atoms with Crippen LogP contribution in [0.3, 0.4) is 0 Å². The van der Waals surface area contributed by atoms with Gasteiger partial charge in [-0.3, -0.25) is 9.59 Å². The second-order valence-corrected chi connectivity index (χ2v) is 12.6. The third-order valence-corrected chi connectivity index (χ3v) is 10.2. The maximum atomic E-state index is 13.5. The fourth-order valence-electron chi connectivity index (χ4n) is 6.00. The normalized spacial score (nSPS) is 28.5. The molecule has 1 amide bonds. The zero-order chi connectivity index (χ0) is 26.4. The first-order valence-corrected chi connectivity index (χ1v) is 14.2. The van der Waals surface area contributed by atoms with E-state index in [-0.39, 0.29) is 30.4 Å². The Labute approximate surface area is 214 Å². The van der Waals surface area contributed by atoms with Crippen LogP contribution in [0.1, 0.15) is 49.7 Å². The molecule has 3 saturated heterocycles. The van der Waals surface area contributed by atoms with E-state index in [0.29, 0.717) is 57.5 Å². The molecule has 204 valence electrons. The van der Waals surface area contributed by atoms with Crippen molar-refractivity contribution in [3.05, 3.63) is 35.4 Å². The Morgan fingerprint density at radius 3 is 2.32 bits per heavy atom. The summed E-state index contributed by atoms with van der Waals surface area (Å²) in [6, 6.07) is 4.61. The van der Waals surface area contributed by atoms with Crippen LogP contribution in [-0.2, 0) is 37.3 Å². The SMILES string of the molecule is O=C(C1CCC[C@@H]1C(=O)NCc1ccc(C(F)(F)F)cc1)[C@H]1CCCN(S(=O)(=O)N2CC3(CCO3)C2)C1. The Hall–Kier alpha value is -2.02. The Morgan fingerprint density at radius 1 is 1.03 bits per heavy atom. The molecule has 1 N–H and O–H groups in total. The van der Waals surface area contributed by atoms with Crippen LogP contribution in [0.5, 0.6) is 0 Å². The van der Waals surface area contributed by atoms with Gasteiger partial charge in [0.15, 0.2) is 0 Å². The van der Waals surface area contributed by atoms with Gasteiger partial charge in [0.25, 0.3) is 10.2 Å². The van der Waals surface area contributed by atoms with Gasteiger partial charge >= 0.3 is 6.18 Å². The summed E-state index contributed by atoms with van der Waals surface area (Å²) < 4.78 is 72.9. The first kappa shape index (κ1) is 26.6. The number of ether oxygens (including phenoxy) is 1. The number of halogens is 3. The van der Waals surface area contributed by atoms with Gasteiger partial charge in [0.1, 0.15) is 5.78 Å². The molecule has 12 heteroatoms. The highest BCUT2D eigenvalue weighted by Gasteiger charge is 2.55.